The summed E-state index contributed by atoms with van der Waals surface area (Å²) in [4.78, 5) is 31.0. The van der Waals surface area contributed by atoms with Crippen LogP contribution in [0, 0.1) is 6.92 Å². The van der Waals surface area contributed by atoms with Crippen molar-refractivity contribution in [3.8, 4) is 0 Å². The average Bonchev–Trinajstić information content (AvgIpc) is 2.98. The van der Waals surface area contributed by atoms with Gasteiger partial charge in [-0.3, -0.25) is 9.69 Å². The van der Waals surface area contributed by atoms with Crippen molar-refractivity contribution in [2.45, 2.75) is 33.2 Å². The molecule has 0 aromatic heterocycles. The highest BCUT2D eigenvalue weighted by molar-refractivity contribution is 8.18. The van der Waals surface area contributed by atoms with Crippen LogP contribution in [0.4, 0.5) is 5.69 Å². The maximum absolute atomic E-state index is 13.0. The predicted octanol–water partition coefficient (Wildman–Crippen LogP) is 5.10. The summed E-state index contributed by atoms with van der Waals surface area (Å²) < 4.78 is 0. The third kappa shape index (κ3) is 4.34. The molecule has 5 nitrogen and oxygen atoms in total. The molecule has 1 fully saturated rings. The maximum atomic E-state index is 13.0. The number of carboxylic acids is 1. The summed E-state index contributed by atoms with van der Waals surface area (Å²) in [7, 11) is 0. The van der Waals surface area contributed by atoms with Crippen LogP contribution in [0.15, 0.2) is 58.4 Å². The Balaban J connectivity index is 1.94. The first-order valence-corrected chi connectivity index (χ1v) is 9.92. The van der Waals surface area contributed by atoms with Gasteiger partial charge in [0, 0.05) is 6.04 Å². The lowest BCUT2D eigenvalue weighted by molar-refractivity contribution is -0.123. The van der Waals surface area contributed by atoms with E-state index in [4.69, 9.17) is 10.1 Å². The van der Waals surface area contributed by atoms with E-state index in [1.165, 1.54) is 23.9 Å². The monoisotopic (exact) mass is 394 g/mol. The van der Waals surface area contributed by atoms with Crippen molar-refractivity contribution >= 4 is 40.6 Å². The van der Waals surface area contributed by atoms with Crippen molar-refractivity contribution in [1.82, 2.24) is 4.90 Å². The first-order chi connectivity index (χ1) is 13.4. The molecule has 2 aromatic carbocycles. The summed E-state index contributed by atoms with van der Waals surface area (Å²) in [5.74, 6) is -1.05. The molecule has 2 aromatic rings. The lowest BCUT2D eigenvalue weighted by Crippen LogP contribution is -2.36. The number of thioether (sulfide) groups is 1. The Hall–Kier alpha value is -2.86. The molecule has 3 rings (SSSR count). The molecule has 1 aliphatic heterocycles. The summed E-state index contributed by atoms with van der Waals surface area (Å²) in [6.07, 6.45) is 2.60. The van der Waals surface area contributed by atoms with E-state index in [1.807, 2.05) is 45.0 Å². The zero-order valence-corrected chi connectivity index (χ0v) is 16.9. The fraction of sp³-hybridized carbons (Fsp3) is 0.227. The molecule has 1 heterocycles. The number of amidine groups is 1. The number of amides is 1. The van der Waals surface area contributed by atoms with Crippen molar-refractivity contribution in [1.29, 1.82) is 0 Å². The molecule has 28 heavy (non-hydrogen) atoms. The number of carbonyl (C=O) groups excluding carboxylic acids is 1. The fourth-order valence-corrected chi connectivity index (χ4v) is 3.83. The number of hydrogen-bond acceptors (Lipinski definition) is 4. The Labute approximate surface area is 168 Å². The quantitative estimate of drug-likeness (QED) is 0.717. The third-order valence-corrected chi connectivity index (χ3v) is 5.57. The number of benzene rings is 2. The Kier molecular flexibility index (Phi) is 5.99. The van der Waals surface area contributed by atoms with Gasteiger partial charge in [-0.15, -0.1) is 0 Å². The molecule has 144 valence electrons. The molecule has 1 saturated heterocycles. The molecule has 0 bridgehead atoms. The van der Waals surface area contributed by atoms with Gasteiger partial charge in [-0.1, -0.05) is 36.8 Å². The summed E-state index contributed by atoms with van der Waals surface area (Å²) >= 11 is 1.35. The average molecular weight is 394 g/mol. The van der Waals surface area contributed by atoms with E-state index in [0.717, 1.165) is 23.2 Å². The van der Waals surface area contributed by atoms with Crippen molar-refractivity contribution in [3.63, 3.8) is 0 Å². The number of carboxylic acid groups (broad SMARTS) is 1. The highest BCUT2D eigenvalue weighted by atomic mass is 32.2. The lowest BCUT2D eigenvalue weighted by atomic mass is 10.1. The Morgan fingerprint density at radius 2 is 1.82 bits per heavy atom. The van der Waals surface area contributed by atoms with E-state index >= 15 is 0 Å². The van der Waals surface area contributed by atoms with E-state index in [9.17, 15) is 9.59 Å². The molecular weight excluding hydrogens is 372 g/mol. The molecule has 0 radical (unpaired) electrons. The lowest BCUT2D eigenvalue weighted by Gasteiger charge is -2.22. The van der Waals surface area contributed by atoms with Crippen molar-refractivity contribution in [2.75, 3.05) is 0 Å². The van der Waals surface area contributed by atoms with Gasteiger partial charge in [0.1, 0.15) is 0 Å². The van der Waals surface area contributed by atoms with Crippen LogP contribution in [0.5, 0.6) is 0 Å². The highest BCUT2D eigenvalue weighted by Gasteiger charge is 2.36. The molecule has 0 saturated carbocycles. The molecule has 1 atom stereocenters. The molecular formula is C22H22N2O3S. The van der Waals surface area contributed by atoms with Gasteiger partial charge in [0.25, 0.3) is 5.91 Å². The van der Waals surface area contributed by atoms with Gasteiger partial charge in [0.15, 0.2) is 5.17 Å². The van der Waals surface area contributed by atoms with Crippen molar-refractivity contribution in [2.24, 2.45) is 4.99 Å². The second-order valence-electron chi connectivity index (χ2n) is 6.70. The van der Waals surface area contributed by atoms with Crippen LogP contribution in [-0.2, 0) is 4.79 Å². The van der Waals surface area contributed by atoms with Crippen LogP contribution in [0.3, 0.4) is 0 Å². The molecule has 0 spiro atoms. The van der Waals surface area contributed by atoms with Crippen molar-refractivity contribution in [3.05, 3.63) is 70.1 Å². The van der Waals surface area contributed by atoms with E-state index in [2.05, 4.69) is 0 Å². The Morgan fingerprint density at radius 3 is 2.39 bits per heavy atom. The minimum absolute atomic E-state index is 0.0319. The molecule has 1 aliphatic rings. The minimum atomic E-state index is -0.971. The number of hydrogen-bond donors (Lipinski definition) is 1. The van der Waals surface area contributed by atoms with E-state index < -0.39 is 5.97 Å². The summed E-state index contributed by atoms with van der Waals surface area (Å²) in [5.41, 5.74) is 2.96. The van der Waals surface area contributed by atoms with Gasteiger partial charge in [-0.05, 0) is 67.9 Å². The maximum Gasteiger partial charge on any atom is 0.335 e. The minimum Gasteiger partial charge on any atom is -0.478 e. The van der Waals surface area contributed by atoms with Gasteiger partial charge < -0.3 is 5.11 Å². The van der Waals surface area contributed by atoms with Crippen LogP contribution in [0.25, 0.3) is 6.08 Å². The second kappa shape index (κ2) is 8.44. The molecule has 1 N–H and O–H groups in total. The number of aryl methyl sites for hydroxylation is 1. The Morgan fingerprint density at radius 1 is 1.18 bits per heavy atom. The van der Waals surface area contributed by atoms with Crippen LogP contribution < -0.4 is 0 Å². The van der Waals surface area contributed by atoms with E-state index in [-0.39, 0.29) is 17.5 Å². The van der Waals surface area contributed by atoms with Crippen LogP contribution in [-0.4, -0.2) is 33.1 Å². The first-order valence-electron chi connectivity index (χ1n) is 9.11. The van der Waals surface area contributed by atoms with Crippen LogP contribution in [0.2, 0.25) is 0 Å². The number of rotatable bonds is 5. The van der Waals surface area contributed by atoms with E-state index in [1.54, 1.807) is 23.1 Å². The number of carbonyl (C=O) groups is 2. The van der Waals surface area contributed by atoms with Gasteiger partial charge in [-0.2, -0.15) is 0 Å². The number of nitrogens with zero attached hydrogens (tertiary/aromatic N) is 2. The Bertz CT molecular complexity index is 947. The fourth-order valence-electron chi connectivity index (χ4n) is 2.74. The second-order valence-corrected chi connectivity index (χ2v) is 7.71. The summed E-state index contributed by atoms with van der Waals surface area (Å²) in [5, 5.41) is 9.68. The molecule has 0 unspecified atom stereocenters. The smallest absolute Gasteiger partial charge is 0.335 e. The zero-order chi connectivity index (χ0) is 20.3. The van der Waals surface area contributed by atoms with Gasteiger partial charge in [-0.25, -0.2) is 9.79 Å². The third-order valence-electron chi connectivity index (χ3n) is 4.58. The number of aliphatic imine (C=N–C) groups is 1. The van der Waals surface area contributed by atoms with E-state index in [0.29, 0.717) is 10.1 Å². The van der Waals surface area contributed by atoms with Gasteiger partial charge >= 0.3 is 5.97 Å². The zero-order valence-electron chi connectivity index (χ0n) is 16.0. The van der Waals surface area contributed by atoms with Gasteiger partial charge in [0.2, 0.25) is 0 Å². The predicted molar refractivity (Wildman–Crippen MR) is 114 cm³/mol. The first kappa shape index (κ1) is 19.9. The van der Waals surface area contributed by atoms with Gasteiger partial charge in [0.05, 0.1) is 16.2 Å². The van der Waals surface area contributed by atoms with Crippen LogP contribution in [0.1, 0.15) is 41.8 Å². The normalized spacial score (nSPS) is 18.1. The molecule has 1 amide bonds. The standard InChI is InChI=1S/C22H22N2O3S/c1-4-15(3)24-20(25)19(13-16-7-9-17(10-8-16)21(26)27)28-22(24)23-18-11-5-14(2)6-12-18/h5-13,15H,4H2,1-3H3,(H,26,27)/b19-13+,23-22?/t15-/m1/s1. The largest absolute Gasteiger partial charge is 0.478 e. The summed E-state index contributed by atoms with van der Waals surface area (Å²) in [6.45, 7) is 6.07. The van der Waals surface area contributed by atoms with Crippen LogP contribution >= 0.6 is 11.8 Å². The number of aromatic carboxylic acids is 1. The summed E-state index contributed by atoms with van der Waals surface area (Å²) in [6, 6.07) is 14.4. The van der Waals surface area contributed by atoms with Crippen molar-refractivity contribution < 1.29 is 14.7 Å². The topological polar surface area (TPSA) is 70.0 Å². The molecule has 6 heteroatoms. The SMILES string of the molecule is CC[C@@H](C)N1C(=O)/C(=C\c2ccc(C(=O)O)cc2)SC1=Nc1ccc(C)cc1. The molecule has 0 aliphatic carbocycles. The highest BCUT2D eigenvalue weighted by Crippen LogP contribution is 2.36.